The number of hydrogen-bond donors (Lipinski definition) is 0. The van der Waals surface area contributed by atoms with Gasteiger partial charge in [-0.2, -0.15) is 0 Å². The minimum atomic E-state index is -0.799. The molecule has 1 aromatic rings. The first-order valence-electron chi connectivity index (χ1n) is 2.77. The van der Waals surface area contributed by atoms with Crippen molar-refractivity contribution in [3.05, 3.63) is 35.9 Å². The monoisotopic (exact) mass is 212 g/mol. The number of halogens is 2. The topological polar surface area (TPSA) is 17.1 Å². The molecule has 0 aliphatic carbocycles. The maximum atomic E-state index is 11.9. The Kier molecular flexibility index (Phi) is 5.78. The zero-order valence-corrected chi connectivity index (χ0v) is 8.05. The number of carbonyl (C=O) groups is 1. The Labute approximate surface area is 73.3 Å². The van der Waals surface area contributed by atoms with Crippen LogP contribution >= 0.6 is 0 Å². The summed E-state index contributed by atoms with van der Waals surface area (Å²) in [7, 11) is 0. The fraction of sp³-hybridized carbons (Fsp3) is 0. The van der Waals surface area contributed by atoms with E-state index in [1.807, 2.05) is 0 Å². The van der Waals surface area contributed by atoms with Crippen molar-refractivity contribution in [1.82, 2.24) is 0 Å². The predicted molar refractivity (Wildman–Crippen MR) is 38.9 cm³/mol. The van der Waals surface area contributed by atoms with Crippen molar-refractivity contribution in [2.24, 2.45) is 0 Å². The van der Waals surface area contributed by atoms with Gasteiger partial charge in [0.15, 0.2) is 11.6 Å². The fourth-order valence-electron chi connectivity index (χ4n) is 0.439. The zero-order chi connectivity index (χ0) is 8.69. The molecular weight excluding hydrogens is 208 g/mol. The first-order valence-corrected chi connectivity index (χ1v) is 4.17. The van der Waals surface area contributed by atoms with Crippen LogP contribution in [0.1, 0.15) is 0 Å². The van der Waals surface area contributed by atoms with Crippen molar-refractivity contribution in [2.75, 3.05) is 0 Å². The van der Waals surface area contributed by atoms with Crippen LogP contribution in [0.25, 0.3) is 0 Å². The van der Waals surface area contributed by atoms with Gasteiger partial charge in [0, 0.05) is 0 Å². The average molecular weight is 213 g/mol. The molecule has 0 saturated carbocycles. The van der Waals surface area contributed by atoms with Gasteiger partial charge in [0.25, 0.3) is 0 Å². The molecule has 0 unspecified atom stereocenters. The Morgan fingerprint density at radius 3 is 1.64 bits per heavy atom. The van der Waals surface area contributed by atoms with Crippen molar-refractivity contribution >= 4 is 23.4 Å². The van der Waals surface area contributed by atoms with E-state index in [0.29, 0.717) is 0 Å². The van der Waals surface area contributed by atoms with Crippen LogP contribution in [0.2, 0.25) is 0 Å². The molecule has 0 atom stereocenters. The Hall–Kier alpha value is -0.614. The minimum absolute atomic E-state index is 0.799. The molecule has 1 nitrogen and oxygen atoms in total. The number of rotatable bonds is 0. The van der Waals surface area contributed by atoms with Gasteiger partial charge >= 0.3 is 28.2 Å². The van der Waals surface area contributed by atoms with Gasteiger partial charge in [-0.05, 0) is 12.1 Å². The van der Waals surface area contributed by atoms with E-state index in [4.69, 9.17) is 4.79 Å². The second-order valence-corrected chi connectivity index (χ2v) is 2.12. The standard InChI is InChI=1S/C6H4F2.CHO.Ga/c7-5-3-1-2-4-6(5)8;1-2;/h1-4H;1H;. The summed E-state index contributed by atoms with van der Waals surface area (Å²) in [6.45, 7) is 0. The summed E-state index contributed by atoms with van der Waals surface area (Å²) in [6, 6.07) is 5.04. The van der Waals surface area contributed by atoms with Crippen molar-refractivity contribution in [3.8, 4) is 0 Å². The molecule has 0 aliphatic rings. The SMILES string of the molecule is Fc1ccccc1F.O=[CH][Ga]. The second-order valence-electron chi connectivity index (χ2n) is 1.55. The molecule has 0 fully saturated rings. The molecule has 0 aromatic heterocycles. The Morgan fingerprint density at radius 1 is 1.18 bits per heavy atom. The quantitative estimate of drug-likeness (QED) is 0.468. The predicted octanol–water partition coefficient (Wildman–Crippen LogP) is 1.31. The molecule has 0 aliphatic heterocycles. The van der Waals surface area contributed by atoms with Crippen molar-refractivity contribution in [2.45, 2.75) is 0 Å². The molecule has 11 heavy (non-hydrogen) atoms. The van der Waals surface area contributed by atoms with E-state index in [1.54, 1.807) is 0 Å². The molecule has 1 rings (SSSR count). The van der Waals surface area contributed by atoms with Crippen molar-refractivity contribution < 1.29 is 13.6 Å². The number of hydrogen-bond acceptors (Lipinski definition) is 1. The van der Waals surface area contributed by atoms with Crippen LogP contribution in [0, 0.1) is 11.6 Å². The van der Waals surface area contributed by atoms with Crippen LogP contribution in [-0.2, 0) is 4.79 Å². The van der Waals surface area contributed by atoms with E-state index in [2.05, 4.69) is 0 Å². The first kappa shape index (κ1) is 10.4. The van der Waals surface area contributed by atoms with Crippen LogP contribution in [0.4, 0.5) is 8.78 Å². The van der Waals surface area contributed by atoms with Crippen molar-refractivity contribution in [3.63, 3.8) is 0 Å². The number of carbonyl (C=O) groups excluding carboxylic acids is 1. The summed E-state index contributed by atoms with van der Waals surface area (Å²) >= 11 is 1.10. The van der Waals surface area contributed by atoms with E-state index >= 15 is 0 Å². The van der Waals surface area contributed by atoms with Gasteiger partial charge < -0.3 is 0 Å². The fourth-order valence-corrected chi connectivity index (χ4v) is 0.439. The van der Waals surface area contributed by atoms with Crippen LogP contribution in [0.3, 0.4) is 0 Å². The molecule has 0 spiro atoms. The van der Waals surface area contributed by atoms with Crippen LogP contribution in [0.15, 0.2) is 24.3 Å². The van der Waals surface area contributed by atoms with Crippen LogP contribution in [-0.4, -0.2) is 23.4 Å². The van der Waals surface area contributed by atoms with Gasteiger partial charge in [0.1, 0.15) is 0 Å². The van der Waals surface area contributed by atoms with Gasteiger partial charge in [0.05, 0.1) is 0 Å². The molecule has 0 saturated heterocycles. The number of benzene rings is 1. The molecule has 56 valence electrons. The molecule has 4 heteroatoms. The second kappa shape index (κ2) is 6.12. The zero-order valence-electron chi connectivity index (χ0n) is 5.63. The summed E-state index contributed by atoms with van der Waals surface area (Å²) in [5.41, 5.74) is 0. The van der Waals surface area contributed by atoms with E-state index in [-0.39, 0.29) is 0 Å². The summed E-state index contributed by atoms with van der Waals surface area (Å²) in [5, 5.41) is 0. The Balaban J connectivity index is 0.000000292. The third kappa shape index (κ3) is 4.75. The van der Waals surface area contributed by atoms with Crippen LogP contribution in [0.5, 0.6) is 0 Å². The van der Waals surface area contributed by atoms with E-state index < -0.39 is 11.6 Å². The van der Waals surface area contributed by atoms with Crippen LogP contribution < -0.4 is 0 Å². The Morgan fingerprint density at radius 2 is 1.45 bits per heavy atom. The molecular formula is C7H5F2GaO. The molecule has 2 radical (unpaired) electrons. The van der Waals surface area contributed by atoms with Gasteiger partial charge in [-0.1, -0.05) is 12.1 Å². The molecule has 0 N–H and O–H groups in total. The van der Waals surface area contributed by atoms with Gasteiger partial charge in [-0.25, -0.2) is 8.78 Å². The van der Waals surface area contributed by atoms with E-state index in [0.717, 1.165) is 35.6 Å². The first-order chi connectivity index (χ1) is 5.22. The summed E-state index contributed by atoms with van der Waals surface area (Å²) in [4.78, 5) is 9.65. The molecule has 0 bridgehead atoms. The van der Waals surface area contributed by atoms with Gasteiger partial charge in [-0.3, -0.25) is 0 Å². The Bertz CT molecular complexity index is 206. The van der Waals surface area contributed by atoms with Gasteiger partial charge in [0.2, 0.25) is 0 Å². The summed E-state index contributed by atoms with van der Waals surface area (Å²) < 4.78 is 23.9. The third-order valence-corrected chi connectivity index (χ3v) is 0.824. The normalized spacial score (nSPS) is 7.82. The van der Waals surface area contributed by atoms with Gasteiger partial charge in [-0.15, -0.1) is 0 Å². The van der Waals surface area contributed by atoms with E-state index in [9.17, 15) is 8.78 Å². The average Bonchev–Trinajstić information content (AvgIpc) is 1.97. The molecule has 0 amide bonds. The van der Waals surface area contributed by atoms with Crippen molar-refractivity contribution in [1.29, 1.82) is 0 Å². The van der Waals surface area contributed by atoms with E-state index in [1.165, 1.54) is 12.1 Å². The summed E-state index contributed by atoms with van der Waals surface area (Å²) in [5.74, 6) is -1.60. The maximum absolute atomic E-state index is 11.9. The summed E-state index contributed by atoms with van der Waals surface area (Å²) in [6.07, 6.45) is 0. The molecule has 0 heterocycles. The molecule has 1 aromatic carbocycles. The third-order valence-electron chi connectivity index (χ3n) is 0.824.